The van der Waals surface area contributed by atoms with Gasteiger partial charge in [0.1, 0.15) is 0 Å². The fourth-order valence-corrected chi connectivity index (χ4v) is 3.11. The lowest BCUT2D eigenvalue weighted by Gasteiger charge is -2.23. The molecule has 17 heavy (non-hydrogen) atoms. The summed E-state index contributed by atoms with van der Waals surface area (Å²) in [7, 11) is 0. The van der Waals surface area contributed by atoms with Crippen LogP contribution in [0.15, 0.2) is 24.3 Å². The van der Waals surface area contributed by atoms with Gasteiger partial charge in [0.2, 0.25) is 5.91 Å². The molecule has 0 spiro atoms. The largest absolute Gasteiger partial charge is 0.380 e. The third-order valence-corrected chi connectivity index (χ3v) is 3.99. The second kappa shape index (κ2) is 4.06. The molecule has 1 N–H and O–H groups in total. The van der Waals surface area contributed by atoms with Crippen LogP contribution in [0.5, 0.6) is 0 Å². The summed E-state index contributed by atoms with van der Waals surface area (Å²) in [5, 5.41) is 3.61. The van der Waals surface area contributed by atoms with Crippen molar-refractivity contribution < 1.29 is 4.79 Å². The molecule has 1 aliphatic heterocycles. The molecular formula is C14H18N2O. The van der Waals surface area contributed by atoms with Gasteiger partial charge >= 0.3 is 0 Å². The number of nitrogens with one attached hydrogen (secondary N) is 1. The normalized spacial score (nSPS) is 26.8. The predicted octanol–water partition coefficient (Wildman–Crippen LogP) is 2.63. The first-order valence-corrected chi connectivity index (χ1v) is 6.39. The van der Waals surface area contributed by atoms with Crippen molar-refractivity contribution in [1.29, 1.82) is 0 Å². The Labute approximate surface area is 102 Å². The Hall–Kier alpha value is -1.51. The number of para-hydroxylation sites is 2. The molecule has 0 radical (unpaired) electrons. The van der Waals surface area contributed by atoms with Crippen molar-refractivity contribution >= 4 is 17.3 Å². The highest BCUT2D eigenvalue weighted by molar-refractivity contribution is 5.95. The molecule has 1 amide bonds. The Bertz CT molecular complexity index is 444. The van der Waals surface area contributed by atoms with Crippen LogP contribution in [0.2, 0.25) is 0 Å². The van der Waals surface area contributed by atoms with E-state index < -0.39 is 0 Å². The van der Waals surface area contributed by atoms with Gasteiger partial charge in [-0.15, -0.1) is 0 Å². The monoisotopic (exact) mass is 230 g/mol. The second-order valence-corrected chi connectivity index (χ2v) is 5.09. The van der Waals surface area contributed by atoms with Crippen LogP contribution < -0.4 is 10.2 Å². The van der Waals surface area contributed by atoms with E-state index in [1.54, 1.807) is 6.92 Å². The van der Waals surface area contributed by atoms with Crippen molar-refractivity contribution in [3.63, 3.8) is 0 Å². The van der Waals surface area contributed by atoms with Gasteiger partial charge in [-0.3, -0.25) is 4.79 Å². The molecule has 0 bridgehead atoms. The maximum Gasteiger partial charge on any atom is 0.223 e. The molecular weight excluding hydrogens is 212 g/mol. The Kier molecular flexibility index (Phi) is 2.54. The minimum Gasteiger partial charge on any atom is -0.380 e. The third-order valence-electron chi connectivity index (χ3n) is 3.99. The number of rotatable bonds is 0. The Balaban J connectivity index is 2.02. The first kappa shape index (κ1) is 10.6. The van der Waals surface area contributed by atoms with Crippen LogP contribution in [0.25, 0.3) is 0 Å². The van der Waals surface area contributed by atoms with E-state index >= 15 is 0 Å². The molecule has 90 valence electrons. The number of nitrogens with zero attached hydrogens (tertiary/aromatic N) is 1. The molecule has 1 aromatic rings. The van der Waals surface area contributed by atoms with Gasteiger partial charge in [0.25, 0.3) is 0 Å². The Morgan fingerprint density at radius 3 is 3.00 bits per heavy atom. The van der Waals surface area contributed by atoms with Gasteiger partial charge in [0.15, 0.2) is 0 Å². The fourth-order valence-electron chi connectivity index (χ4n) is 3.11. The molecule has 1 fully saturated rings. The maximum absolute atomic E-state index is 11.8. The summed E-state index contributed by atoms with van der Waals surface area (Å²) in [6.07, 6.45) is 3.73. The number of hydrogen-bond acceptors (Lipinski definition) is 2. The zero-order valence-corrected chi connectivity index (χ0v) is 10.1. The Morgan fingerprint density at radius 1 is 1.35 bits per heavy atom. The summed E-state index contributed by atoms with van der Waals surface area (Å²) < 4.78 is 0. The first-order chi connectivity index (χ1) is 8.25. The number of fused-ring (bicyclic) bond motifs is 2. The standard InChI is InChI=1S/C14H18N2O/c1-10(17)16-9-11-5-4-7-12(11)15-13-6-2-3-8-14(13)16/h2-3,6,8,11-12,15H,4-5,7,9H2,1H3. The topological polar surface area (TPSA) is 32.3 Å². The molecule has 1 aliphatic carbocycles. The lowest BCUT2D eigenvalue weighted by molar-refractivity contribution is -0.116. The average molecular weight is 230 g/mol. The van der Waals surface area contributed by atoms with E-state index in [9.17, 15) is 4.79 Å². The van der Waals surface area contributed by atoms with Gasteiger partial charge in [-0.05, 0) is 30.9 Å². The molecule has 0 aromatic heterocycles. The highest BCUT2D eigenvalue weighted by Crippen LogP contribution is 2.37. The second-order valence-electron chi connectivity index (χ2n) is 5.09. The summed E-state index contributed by atoms with van der Waals surface area (Å²) in [6.45, 7) is 2.52. The van der Waals surface area contributed by atoms with Crippen LogP contribution >= 0.6 is 0 Å². The molecule has 3 rings (SSSR count). The van der Waals surface area contributed by atoms with E-state index in [2.05, 4.69) is 11.4 Å². The molecule has 1 heterocycles. The summed E-state index contributed by atoms with van der Waals surface area (Å²) in [5.74, 6) is 0.748. The van der Waals surface area contributed by atoms with Gasteiger partial charge in [-0.25, -0.2) is 0 Å². The van der Waals surface area contributed by atoms with E-state index in [1.807, 2.05) is 23.1 Å². The summed E-state index contributed by atoms with van der Waals surface area (Å²) in [6, 6.07) is 8.67. The van der Waals surface area contributed by atoms with E-state index in [1.165, 1.54) is 19.3 Å². The van der Waals surface area contributed by atoms with Gasteiger partial charge in [0.05, 0.1) is 11.4 Å². The zero-order chi connectivity index (χ0) is 11.8. The molecule has 1 saturated carbocycles. The van der Waals surface area contributed by atoms with Crippen molar-refractivity contribution in [1.82, 2.24) is 0 Å². The van der Waals surface area contributed by atoms with Crippen LogP contribution in [0.4, 0.5) is 11.4 Å². The quantitative estimate of drug-likeness (QED) is 0.743. The molecule has 0 saturated heterocycles. The highest BCUT2D eigenvalue weighted by Gasteiger charge is 2.33. The molecule has 2 unspecified atom stereocenters. The van der Waals surface area contributed by atoms with Crippen molar-refractivity contribution in [2.24, 2.45) is 5.92 Å². The zero-order valence-electron chi connectivity index (χ0n) is 10.1. The number of benzene rings is 1. The van der Waals surface area contributed by atoms with Crippen LogP contribution in [-0.4, -0.2) is 18.5 Å². The van der Waals surface area contributed by atoms with E-state index in [0.717, 1.165) is 17.9 Å². The van der Waals surface area contributed by atoms with Gasteiger partial charge in [-0.1, -0.05) is 18.6 Å². The minimum atomic E-state index is 0.145. The minimum absolute atomic E-state index is 0.145. The maximum atomic E-state index is 11.8. The summed E-state index contributed by atoms with van der Waals surface area (Å²) in [4.78, 5) is 13.7. The SMILES string of the molecule is CC(=O)N1CC2CCCC2Nc2ccccc21. The number of carbonyl (C=O) groups is 1. The van der Waals surface area contributed by atoms with E-state index in [0.29, 0.717) is 12.0 Å². The van der Waals surface area contributed by atoms with Crippen molar-refractivity contribution in [3.8, 4) is 0 Å². The average Bonchev–Trinajstić information content (AvgIpc) is 2.68. The third kappa shape index (κ3) is 1.79. The van der Waals surface area contributed by atoms with Crippen molar-refractivity contribution in [2.75, 3.05) is 16.8 Å². The Morgan fingerprint density at radius 2 is 2.18 bits per heavy atom. The summed E-state index contributed by atoms with van der Waals surface area (Å²) >= 11 is 0. The van der Waals surface area contributed by atoms with Gasteiger partial charge < -0.3 is 10.2 Å². The van der Waals surface area contributed by atoms with Crippen molar-refractivity contribution in [2.45, 2.75) is 32.2 Å². The molecule has 3 heteroatoms. The lowest BCUT2D eigenvalue weighted by atomic mass is 10.0. The van der Waals surface area contributed by atoms with Gasteiger partial charge in [0, 0.05) is 19.5 Å². The number of hydrogen-bond donors (Lipinski definition) is 1. The summed E-state index contributed by atoms with van der Waals surface area (Å²) in [5.41, 5.74) is 2.14. The number of carbonyl (C=O) groups excluding carboxylic acids is 1. The first-order valence-electron chi connectivity index (χ1n) is 6.39. The van der Waals surface area contributed by atoms with Crippen molar-refractivity contribution in [3.05, 3.63) is 24.3 Å². The van der Waals surface area contributed by atoms with Crippen LogP contribution in [0.3, 0.4) is 0 Å². The smallest absolute Gasteiger partial charge is 0.223 e. The van der Waals surface area contributed by atoms with E-state index in [-0.39, 0.29) is 5.91 Å². The van der Waals surface area contributed by atoms with E-state index in [4.69, 9.17) is 0 Å². The van der Waals surface area contributed by atoms with Crippen LogP contribution in [0, 0.1) is 5.92 Å². The molecule has 2 atom stereocenters. The molecule has 3 nitrogen and oxygen atoms in total. The number of anilines is 2. The van der Waals surface area contributed by atoms with Gasteiger partial charge in [-0.2, -0.15) is 0 Å². The highest BCUT2D eigenvalue weighted by atomic mass is 16.2. The molecule has 1 aromatic carbocycles. The van der Waals surface area contributed by atoms with Crippen LogP contribution in [0.1, 0.15) is 26.2 Å². The predicted molar refractivity (Wildman–Crippen MR) is 69.2 cm³/mol. The molecule has 2 aliphatic rings. The fraction of sp³-hybridized carbons (Fsp3) is 0.500. The van der Waals surface area contributed by atoms with Crippen LogP contribution in [-0.2, 0) is 4.79 Å². The lowest BCUT2D eigenvalue weighted by Crippen LogP contribution is -2.35. The number of amides is 1.